The molecule has 0 spiro atoms. The minimum absolute atomic E-state index is 0.0374. The second-order valence-electron chi connectivity index (χ2n) is 7.39. The van der Waals surface area contributed by atoms with Gasteiger partial charge in [0.1, 0.15) is 23.1 Å². The Morgan fingerprint density at radius 3 is 2.72 bits per heavy atom. The first-order chi connectivity index (χ1) is 14.3. The van der Waals surface area contributed by atoms with Crippen LogP contribution >= 0.6 is 0 Å². The van der Waals surface area contributed by atoms with Crippen LogP contribution in [0.4, 0.5) is 4.79 Å². The Balaban J connectivity index is 1.41. The molecule has 4 aromatic rings. The van der Waals surface area contributed by atoms with Crippen molar-refractivity contribution in [3.8, 4) is 0 Å². The average molecular weight is 386 g/mol. The summed E-state index contributed by atoms with van der Waals surface area (Å²) in [6.45, 7) is 0. The lowest BCUT2D eigenvalue weighted by Gasteiger charge is -2.24. The summed E-state index contributed by atoms with van der Waals surface area (Å²) in [5.41, 5.74) is 2.85. The molecule has 0 saturated heterocycles. The molecule has 29 heavy (non-hydrogen) atoms. The molecule has 0 aliphatic heterocycles. The van der Waals surface area contributed by atoms with Gasteiger partial charge in [-0.15, -0.1) is 0 Å². The minimum atomic E-state index is -0.379. The lowest BCUT2D eigenvalue weighted by molar-refractivity contribution is 0.231. The first-order valence-corrected chi connectivity index (χ1v) is 9.94. The molecule has 5 rings (SSSR count). The van der Waals surface area contributed by atoms with Crippen molar-refractivity contribution >= 4 is 17.0 Å². The largest absolute Gasteiger partial charge is 0.469 e. The van der Waals surface area contributed by atoms with Crippen molar-refractivity contribution < 1.29 is 13.6 Å². The van der Waals surface area contributed by atoms with Crippen molar-refractivity contribution in [2.75, 3.05) is 0 Å². The highest BCUT2D eigenvalue weighted by Crippen LogP contribution is 2.31. The van der Waals surface area contributed by atoms with Gasteiger partial charge in [-0.05, 0) is 36.6 Å². The van der Waals surface area contributed by atoms with Gasteiger partial charge >= 0.3 is 6.03 Å². The van der Waals surface area contributed by atoms with Crippen LogP contribution < -0.4 is 10.6 Å². The van der Waals surface area contributed by atoms with Crippen molar-refractivity contribution in [3.05, 3.63) is 95.6 Å². The van der Waals surface area contributed by atoms with E-state index in [2.05, 4.69) is 10.6 Å². The number of carbonyl (C=O) groups excluding carboxylic acids is 1. The summed E-state index contributed by atoms with van der Waals surface area (Å²) < 4.78 is 11.6. The first kappa shape index (κ1) is 17.6. The number of nitrogens with one attached hydrogen (secondary N) is 2. The van der Waals surface area contributed by atoms with Crippen molar-refractivity contribution in [1.29, 1.82) is 0 Å². The number of carbonyl (C=O) groups is 1. The number of furan rings is 2. The minimum Gasteiger partial charge on any atom is -0.469 e. The zero-order chi connectivity index (χ0) is 19.6. The molecule has 146 valence electrons. The summed E-state index contributed by atoms with van der Waals surface area (Å²) in [7, 11) is 0. The van der Waals surface area contributed by atoms with E-state index < -0.39 is 0 Å². The van der Waals surface area contributed by atoms with Crippen molar-refractivity contribution in [3.63, 3.8) is 0 Å². The molecular weight excluding hydrogens is 364 g/mol. The highest BCUT2D eigenvalue weighted by molar-refractivity contribution is 5.79. The van der Waals surface area contributed by atoms with Gasteiger partial charge in [-0.2, -0.15) is 0 Å². The van der Waals surface area contributed by atoms with E-state index in [-0.39, 0.29) is 18.1 Å². The number of aryl methyl sites for hydroxylation is 1. The van der Waals surface area contributed by atoms with E-state index in [4.69, 9.17) is 8.83 Å². The number of urea groups is 1. The molecule has 5 heteroatoms. The highest BCUT2D eigenvalue weighted by atomic mass is 16.3. The zero-order valence-electron chi connectivity index (χ0n) is 15.9. The number of amides is 2. The fourth-order valence-corrected chi connectivity index (χ4v) is 4.08. The SMILES string of the molecule is O=C(NC1CCCc2occc21)NC(c1ccccc1)c1cc2ccccc2o1. The number of rotatable bonds is 4. The van der Waals surface area contributed by atoms with Crippen LogP contribution in [0.3, 0.4) is 0 Å². The third kappa shape index (κ3) is 3.51. The van der Waals surface area contributed by atoms with Gasteiger partial charge in [0.05, 0.1) is 12.3 Å². The predicted octanol–water partition coefficient (Wildman–Crippen LogP) is 5.49. The van der Waals surface area contributed by atoms with Gasteiger partial charge in [-0.25, -0.2) is 4.79 Å². The lowest BCUT2D eigenvalue weighted by Crippen LogP contribution is -2.41. The molecule has 0 saturated carbocycles. The summed E-state index contributed by atoms with van der Waals surface area (Å²) in [6, 6.07) is 21.0. The molecule has 2 unspecified atom stereocenters. The molecule has 2 aromatic heterocycles. The quantitative estimate of drug-likeness (QED) is 0.487. The second-order valence-corrected chi connectivity index (χ2v) is 7.39. The molecule has 0 radical (unpaired) electrons. The predicted molar refractivity (Wildman–Crippen MR) is 111 cm³/mol. The van der Waals surface area contributed by atoms with E-state index in [1.54, 1.807) is 6.26 Å². The topological polar surface area (TPSA) is 67.4 Å². The molecule has 2 heterocycles. The van der Waals surface area contributed by atoms with Gasteiger partial charge in [0.25, 0.3) is 0 Å². The smallest absolute Gasteiger partial charge is 0.316 e. The second kappa shape index (κ2) is 7.51. The summed E-state index contributed by atoms with van der Waals surface area (Å²) in [5.74, 6) is 1.68. The van der Waals surface area contributed by atoms with E-state index in [0.29, 0.717) is 5.76 Å². The Bertz CT molecular complexity index is 1100. The molecule has 2 N–H and O–H groups in total. The van der Waals surface area contributed by atoms with Crippen molar-refractivity contribution in [2.45, 2.75) is 31.3 Å². The number of para-hydroxylation sites is 1. The van der Waals surface area contributed by atoms with Crippen LogP contribution in [0.5, 0.6) is 0 Å². The molecule has 2 atom stereocenters. The molecule has 2 aromatic carbocycles. The highest BCUT2D eigenvalue weighted by Gasteiger charge is 2.26. The van der Waals surface area contributed by atoms with Crippen LogP contribution in [0.25, 0.3) is 11.0 Å². The van der Waals surface area contributed by atoms with Crippen LogP contribution in [-0.4, -0.2) is 6.03 Å². The van der Waals surface area contributed by atoms with Gasteiger partial charge in [0, 0.05) is 17.4 Å². The Kier molecular flexibility index (Phi) is 4.56. The van der Waals surface area contributed by atoms with Gasteiger partial charge in [-0.1, -0.05) is 48.5 Å². The maximum atomic E-state index is 12.9. The summed E-state index contributed by atoms with van der Waals surface area (Å²) in [6.07, 6.45) is 4.52. The maximum absolute atomic E-state index is 12.9. The average Bonchev–Trinajstić information content (AvgIpc) is 3.40. The summed E-state index contributed by atoms with van der Waals surface area (Å²) in [5, 5.41) is 7.23. The van der Waals surface area contributed by atoms with Crippen LogP contribution in [0, 0.1) is 0 Å². The number of benzene rings is 2. The number of hydrogen-bond acceptors (Lipinski definition) is 3. The Morgan fingerprint density at radius 2 is 1.86 bits per heavy atom. The van der Waals surface area contributed by atoms with Gasteiger partial charge in [-0.3, -0.25) is 0 Å². The molecule has 1 aliphatic carbocycles. The molecule has 1 aliphatic rings. The summed E-state index contributed by atoms with van der Waals surface area (Å²) in [4.78, 5) is 12.9. The molecular formula is C24H22N2O3. The third-order valence-corrected chi connectivity index (χ3v) is 5.49. The molecule has 2 amide bonds. The molecule has 0 bridgehead atoms. The molecule has 5 nitrogen and oxygen atoms in total. The van der Waals surface area contributed by atoms with Crippen LogP contribution in [0.1, 0.15) is 47.6 Å². The van der Waals surface area contributed by atoms with Crippen molar-refractivity contribution in [1.82, 2.24) is 10.6 Å². The Labute approximate surface area is 168 Å². The standard InChI is InChI=1S/C24H22N2O3/c27-24(25-19-10-6-12-21-18(19)13-14-28-21)26-23(16-7-2-1-3-8-16)22-15-17-9-4-5-11-20(17)29-22/h1-5,7-9,11,13-15,19,23H,6,10,12H2,(H2,25,26,27). The van der Waals surface area contributed by atoms with E-state index in [1.807, 2.05) is 66.7 Å². The fraction of sp³-hybridized carbons (Fsp3) is 0.208. The number of fused-ring (bicyclic) bond motifs is 2. The first-order valence-electron chi connectivity index (χ1n) is 9.94. The summed E-state index contributed by atoms with van der Waals surface area (Å²) >= 11 is 0. The Morgan fingerprint density at radius 1 is 1.03 bits per heavy atom. The Hall–Kier alpha value is -3.47. The maximum Gasteiger partial charge on any atom is 0.316 e. The monoisotopic (exact) mass is 386 g/mol. The van der Waals surface area contributed by atoms with Crippen LogP contribution in [0.15, 0.2) is 81.8 Å². The van der Waals surface area contributed by atoms with Crippen molar-refractivity contribution in [2.24, 2.45) is 0 Å². The third-order valence-electron chi connectivity index (χ3n) is 5.49. The lowest BCUT2D eigenvalue weighted by atomic mass is 9.93. The molecule has 0 fully saturated rings. The van der Waals surface area contributed by atoms with Crippen LogP contribution in [-0.2, 0) is 6.42 Å². The van der Waals surface area contributed by atoms with E-state index in [0.717, 1.165) is 47.1 Å². The van der Waals surface area contributed by atoms with Gasteiger partial charge in [0.2, 0.25) is 0 Å². The normalized spacial score (nSPS) is 16.9. The fourth-order valence-electron chi connectivity index (χ4n) is 4.08. The van der Waals surface area contributed by atoms with Crippen LogP contribution in [0.2, 0.25) is 0 Å². The number of hydrogen-bond donors (Lipinski definition) is 2. The zero-order valence-corrected chi connectivity index (χ0v) is 15.9. The van der Waals surface area contributed by atoms with Gasteiger partial charge in [0.15, 0.2) is 0 Å². The van der Waals surface area contributed by atoms with E-state index >= 15 is 0 Å². The van der Waals surface area contributed by atoms with E-state index in [9.17, 15) is 4.79 Å². The van der Waals surface area contributed by atoms with Gasteiger partial charge < -0.3 is 19.5 Å². The van der Waals surface area contributed by atoms with E-state index in [1.165, 1.54) is 0 Å².